The van der Waals surface area contributed by atoms with Gasteiger partial charge in [0, 0.05) is 24.7 Å². The Morgan fingerprint density at radius 2 is 1.91 bits per heavy atom. The van der Waals surface area contributed by atoms with Crippen LogP contribution in [0.1, 0.15) is 5.56 Å². The third kappa shape index (κ3) is 4.02. The summed E-state index contributed by atoms with van der Waals surface area (Å²) in [5.74, 6) is 0.0951. The fourth-order valence-electron chi connectivity index (χ4n) is 3.53. The number of rotatable bonds is 4. The highest BCUT2D eigenvalue weighted by Crippen LogP contribution is 2.46. The number of benzene rings is 2. The molecular weight excluding hydrogens is 460 g/mol. The summed E-state index contributed by atoms with van der Waals surface area (Å²) in [6.07, 6.45) is -2.33. The number of nitrogens with one attached hydrogen (secondary N) is 2. The van der Waals surface area contributed by atoms with Crippen LogP contribution >= 0.6 is 11.6 Å². The number of carbonyl (C=O) groups is 1. The first-order valence-electron chi connectivity index (χ1n) is 9.78. The molecule has 3 aromatic rings. The molecule has 2 aliphatic rings. The first-order chi connectivity index (χ1) is 15.8. The topological polar surface area (TPSA) is 97.8 Å². The van der Waals surface area contributed by atoms with Crippen molar-refractivity contribution in [3.8, 4) is 11.5 Å². The Labute approximate surface area is 191 Å². The van der Waals surface area contributed by atoms with Crippen LogP contribution in [-0.2, 0) is 11.2 Å². The zero-order valence-electron chi connectivity index (χ0n) is 17.1. The van der Waals surface area contributed by atoms with Gasteiger partial charge < -0.3 is 24.8 Å². The van der Waals surface area contributed by atoms with Gasteiger partial charge in [-0.3, -0.25) is 4.90 Å². The Bertz CT molecular complexity index is 1260. The van der Waals surface area contributed by atoms with Crippen LogP contribution in [0.15, 0.2) is 42.6 Å². The maximum Gasteiger partial charge on any atom is 0.586 e. The van der Waals surface area contributed by atoms with Crippen LogP contribution in [0.3, 0.4) is 0 Å². The molecule has 9 nitrogen and oxygen atoms in total. The minimum absolute atomic E-state index is 0.110. The number of fused-ring (bicyclic) bond motifs is 2. The van der Waals surface area contributed by atoms with Crippen molar-refractivity contribution in [2.24, 2.45) is 0 Å². The van der Waals surface area contributed by atoms with E-state index in [1.807, 2.05) is 12.1 Å². The number of carbonyl (C=O) groups excluding carboxylic acids is 1. The van der Waals surface area contributed by atoms with E-state index in [2.05, 4.69) is 30.1 Å². The number of alkyl halides is 2. The Morgan fingerprint density at radius 1 is 1.12 bits per heavy atom. The van der Waals surface area contributed by atoms with Gasteiger partial charge in [-0.05, 0) is 24.3 Å². The molecule has 0 saturated carbocycles. The quantitative estimate of drug-likeness (QED) is 0.540. The van der Waals surface area contributed by atoms with Gasteiger partial charge in [0.2, 0.25) is 5.95 Å². The predicted molar refractivity (Wildman–Crippen MR) is 116 cm³/mol. The number of anilines is 5. The molecule has 0 spiro atoms. The zero-order valence-corrected chi connectivity index (χ0v) is 17.8. The van der Waals surface area contributed by atoms with Crippen LogP contribution < -0.4 is 25.0 Å². The number of para-hydroxylation sites is 1. The molecule has 0 atom stereocenters. The van der Waals surface area contributed by atoms with Gasteiger partial charge >= 0.3 is 12.4 Å². The molecule has 5 rings (SSSR count). The first kappa shape index (κ1) is 21.0. The Hall–Kier alpha value is -3.86. The zero-order chi connectivity index (χ0) is 23.2. The smallest absolute Gasteiger partial charge is 0.449 e. The van der Waals surface area contributed by atoms with Gasteiger partial charge in [0.15, 0.2) is 17.3 Å². The van der Waals surface area contributed by atoms with Crippen LogP contribution in [0.2, 0.25) is 5.02 Å². The average Bonchev–Trinajstić information content (AvgIpc) is 3.03. The van der Waals surface area contributed by atoms with Crippen LogP contribution in [0.5, 0.6) is 11.5 Å². The number of hydrogen-bond donors (Lipinski definition) is 2. The second kappa shape index (κ2) is 7.93. The van der Waals surface area contributed by atoms with Crippen molar-refractivity contribution in [1.82, 2.24) is 9.97 Å². The highest BCUT2D eigenvalue weighted by molar-refractivity contribution is 6.33. The molecule has 33 heavy (non-hydrogen) atoms. The SMILES string of the molecule is CN1C(=O)OCCc2c(Nc3ncc(Cl)c(Nc4cccc5c4OC(F)(F)O5)n3)cccc21. The normalized spacial score (nSPS) is 16.0. The van der Waals surface area contributed by atoms with E-state index in [4.69, 9.17) is 16.3 Å². The molecule has 3 heterocycles. The van der Waals surface area contributed by atoms with E-state index in [9.17, 15) is 13.6 Å². The predicted octanol–water partition coefficient (Wildman–Crippen LogP) is 5.07. The maximum absolute atomic E-state index is 13.5. The lowest BCUT2D eigenvalue weighted by molar-refractivity contribution is -0.286. The summed E-state index contributed by atoms with van der Waals surface area (Å²) in [5.41, 5.74) is 2.44. The number of cyclic esters (lactones) is 1. The second-order valence-corrected chi connectivity index (χ2v) is 7.57. The number of halogens is 3. The van der Waals surface area contributed by atoms with Gasteiger partial charge in [-0.15, -0.1) is 8.78 Å². The second-order valence-electron chi connectivity index (χ2n) is 7.17. The summed E-state index contributed by atoms with van der Waals surface area (Å²) in [5, 5.41) is 6.17. The van der Waals surface area contributed by atoms with Gasteiger partial charge in [-0.1, -0.05) is 23.7 Å². The Morgan fingerprint density at radius 3 is 2.76 bits per heavy atom. The molecule has 0 unspecified atom stereocenters. The van der Waals surface area contributed by atoms with Gasteiger partial charge in [0.1, 0.15) is 5.02 Å². The minimum atomic E-state index is -3.76. The van der Waals surface area contributed by atoms with Crippen molar-refractivity contribution in [2.45, 2.75) is 12.7 Å². The van der Waals surface area contributed by atoms with Crippen LogP contribution in [-0.4, -0.2) is 36.0 Å². The number of amides is 1. The monoisotopic (exact) mass is 475 g/mol. The summed E-state index contributed by atoms with van der Waals surface area (Å²) < 4.78 is 41.2. The fourth-order valence-corrected chi connectivity index (χ4v) is 3.67. The van der Waals surface area contributed by atoms with Crippen molar-refractivity contribution >= 4 is 46.5 Å². The van der Waals surface area contributed by atoms with Gasteiger partial charge in [-0.2, -0.15) is 4.98 Å². The van der Waals surface area contributed by atoms with E-state index in [1.165, 1.54) is 29.3 Å². The van der Waals surface area contributed by atoms with Crippen molar-refractivity contribution in [1.29, 1.82) is 0 Å². The van der Waals surface area contributed by atoms with E-state index in [0.29, 0.717) is 17.8 Å². The van der Waals surface area contributed by atoms with Crippen molar-refractivity contribution in [3.63, 3.8) is 0 Å². The van der Waals surface area contributed by atoms with Crippen molar-refractivity contribution < 1.29 is 27.8 Å². The molecule has 1 amide bonds. The largest absolute Gasteiger partial charge is 0.586 e. The molecule has 12 heteroatoms. The first-order valence-corrected chi connectivity index (χ1v) is 10.2. The molecule has 1 aromatic heterocycles. The summed E-state index contributed by atoms with van der Waals surface area (Å²) in [6, 6.07) is 9.85. The van der Waals surface area contributed by atoms with Crippen molar-refractivity contribution in [3.05, 3.63) is 53.2 Å². The van der Waals surface area contributed by atoms with Gasteiger partial charge in [0.25, 0.3) is 0 Å². The number of nitrogens with zero attached hydrogens (tertiary/aromatic N) is 3. The summed E-state index contributed by atoms with van der Waals surface area (Å²) in [6.45, 7) is 0.231. The Kier molecular flexibility index (Phi) is 5.05. The summed E-state index contributed by atoms with van der Waals surface area (Å²) in [7, 11) is 1.63. The van der Waals surface area contributed by atoms with Gasteiger partial charge in [0.05, 0.1) is 24.2 Å². The highest BCUT2D eigenvalue weighted by atomic mass is 35.5. The number of ether oxygens (including phenoxy) is 3. The molecule has 0 aliphatic carbocycles. The number of hydrogen-bond acceptors (Lipinski definition) is 8. The molecule has 170 valence electrons. The van der Waals surface area contributed by atoms with E-state index >= 15 is 0 Å². The molecule has 2 aliphatic heterocycles. The average molecular weight is 476 g/mol. The van der Waals surface area contributed by atoms with Gasteiger partial charge in [-0.25, -0.2) is 9.78 Å². The Balaban J connectivity index is 1.44. The highest BCUT2D eigenvalue weighted by Gasteiger charge is 2.44. The molecule has 2 N–H and O–H groups in total. The molecule has 0 saturated heterocycles. The lowest BCUT2D eigenvalue weighted by Crippen LogP contribution is -2.26. The lowest BCUT2D eigenvalue weighted by atomic mass is 10.1. The van der Waals surface area contributed by atoms with Crippen LogP contribution in [0.25, 0.3) is 0 Å². The summed E-state index contributed by atoms with van der Waals surface area (Å²) >= 11 is 6.23. The lowest BCUT2D eigenvalue weighted by Gasteiger charge is -2.18. The van der Waals surface area contributed by atoms with Crippen LogP contribution in [0, 0.1) is 0 Å². The fraction of sp³-hybridized carbons (Fsp3) is 0.190. The van der Waals surface area contributed by atoms with Crippen molar-refractivity contribution in [2.75, 3.05) is 29.2 Å². The molecule has 0 radical (unpaired) electrons. The summed E-state index contributed by atoms with van der Waals surface area (Å²) in [4.78, 5) is 22.0. The van der Waals surface area contributed by atoms with E-state index < -0.39 is 12.4 Å². The third-order valence-electron chi connectivity index (χ3n) is 5.04. The third-order valence-corrected chi connectivity index (χ3v) is 5.31. The molecular formula is C21H16ClF2N5O4. The van der Waals surface area contributed by atoms with Crippen LogP contribution in [0.4, 0.5) is 42.4 Å². The molecule has 0 fully saturated rings. The molecule has 0 bridgehead atoms. The van der Waals surface area contributed by atoms with E-state index in [-0.39, 0.29) is 40.6 Å². The maximum atomic E-state index is 13.5. The van der Waals surface area contributed by atoms with E-state index in [0.717, 1.165) is 5.56 Å². The minimum Gasteiger partial charge on any atom is -0.449 e. The standard InChI is InChI=1S/C21H16ClF2N5O4/c1-29-15-6-2-4-13(11(15)8-9-31-20(29)30)27-19-25-10-12(22)18(28-19)26-14-5-3-7-16-17(14)33-21(23,24)32-16/h2-7,10H,8-9H2,1H3,(H2,25,26,27,28). The van der Waals surface area contributed by atoms with E-state index in [1.54, 1.807) is 13.1 Å². The molecule has 2 aromatic carbocycles. The number of aromatic nitrogens is 2.